The van der Waals surface area contributed by atoms with E-state index >= 15 is 0 Å². The Labute approximate surface area is 136 Å². The van der Waals surface area contributed by atoms with Gasteiger partial charge in [-0.3, -0.25) is 0 Å². The van der Waals surface area contributed by atoms with E-state index in [0.29, 0.717) is 26.3 Å². The van der Waals surface area contributed by atoms with E-state index < -0.39 is 0 Å². The number of nitrogen functional groups attached to an aromatic ring is 1. The number of halogens is 3. The van der Waals surface area contributed by atoms with Crippen LogP contribution in [0, 0.1) is 0 Å². The van der Waals surface area contributed by atoms with Gasteiger partial charge in [-0.05, 0) is 29.8 Å². The molecule has 0 aliphatic heterocycles. The first-order valence-corrected chi connectivity index (χ1v) is 7.16. The molecule has 6 heteroatoms. The molecule has 0 amide bonds. The lowest BCUT2D eigenvalue weighted by atomic mass is 10.0. The number of hydrogen-bond donors (Lipinski definition) is 1. The molecule has 0 atom stereocenters. The summed E-state index contributed by atoms with van der Waals surface area (Å²) in [6, 6.07) is 12.5. The summed E-state index contributed by atoms with van der Waals surface area (Å²) in [4.78, 5) is 0. The largest absolute Gasteiger partial charge is 0.367 e. The van der Waals surface area contributed by atoms with Crippen molar-refractivity contribution in [3.8, 4) is 22.4 Å². The molecule has 2 N–H and O–H groups in total. The van der Waals surface area contributed by atoms with Crippen molar-refractivity contribution in [3.63, 3.8) is 0 Å². The summed E-state index contributed by atoms with van der Waals surface area (Å²) in [5.74, 6) is 0.221. The molecule has 0 aliphatic rings. The fourth-order valence-electron chi connectivity index (χ4n) is 2.04. The van der Waals surface area contributed by atoms with Crippen LogP contribution in [0.15, 0.2) is 47.0 Å². The SMILES string of the molecule is Nc1onc(-c2ccc(Cl)cc2)c1-c1ccc(Cl)c(Cl)c1. The monoisotopic (exact) mass is 338 g/mol. The van der Waals surface area contributed by atoms with E-state index in [2.05, 4.69) is 5.16 Å². The van der Waals surface area contributed by atoms with Gasteiger partial charge in [0.25, 0.3) is 0 Å². The van der Waals surface area contributed by atoms with Gasteiger partial charge < -0.3 is 10.3 Å². The van der Waals surface area contributed by atoms with Crippen LogP contribution < -0.4 is 5.73 Å². The van der Waals surface area contributed by atoms with Crippen molar-refractivity contribution in [1.29, 1.82) is 0 Å². The maximum atomic E-state index is 6.06. The number of nitrogens with zero attached hydrogens (tertiary/aromatic N) is 1. The van der Waals surface area contributed by atoms with E-state index in [1.807, 2.05) is 18.2 Å². The van der Waals surface area contributed by atoms with Crippen molar-refractivity contribution in [2.45, 2.75) is 0 Å². The topological polar surface area (TPSA) is 52.0 Å². The molecular formula is C15H9Cl3N2O. The maximum absolute atomic E-state index is 6.06. The summed E-state index contributed by atoms with van der Waals surface area (Å²) in [7, 11) is 0. The summed E-state index contributed by atoms with van der Waals surface area (Å²) in [5, 5.41) is 5.59. The van der Waals surface area contributed by atoms with Gasteiger partial charge in [0.05, 0.1) is 15.6 Å². The molecule has 0 saturated carbocycles. The van der Waals surface area contributed by atoms with Gasteiger partial charge in [-0.1, -0.05) is 58.2 Å². The third kappa shape index (κ3) is 2.72. The molecule has 3 aromatic rings. The van der Waals surface area contributed by atoms with Crippen LogP contribution in [0.25, 0.3) is 22.4 Å². The van der Waals surface area contributed by atoms with Crippen LogP contribution in [-0.4, -0.2) is 5.16 Å². The highest BCUT2D eigenvalue weighted by Crippen LogP contribution is 2.38. The van der Waals surface area contributed by atoms with Crippen molar-refractivity contribution in [2.75, 3.05) is 5.73 Å². The minimum absolute atomic E-state index is 0.221. The molecule has 1 heterocycles. The fourth-order valence-corrected chi connectivity index (χ4v) is 2.46. The molecule has 106 valence electrons. The second-order valence-electron chi connectivity index (χ2n) is 4.41. The smallest absolute Gasteiger partial charge is 0.230 e. The fraction of sp³-hybridized carbons (Fsp3) is 0. The lowest BCUT2D eigenvalue weighted by Gasteiger charge is -2.04. The first-order chi connectivity index (χ1) is 10.1. The van der Waals surface area contributed by atoms with Crippen LogP contribution in [-0.2, 0) is 0 Å². The van der Waals surface area contributed by atoms with Gasteiger partial charge in [-0.25, -0.2) is 0 Å². The van der Waals surface area contributed by atoms with Gasteiger partial charge in [0.15, 0.2) is 0 Å². The molecule has 2 aromatic carbocycles. The molecule has 0 saturated heterocycles. The molecule has 0 radical (unpaired) electrons. The van der Waals surface area contributed by atoms with Gasteiger partial charge in [0.1, 0.15) is 5.69 Å². The lowest BCUT2D eigenvalue weighted by molar-refractivity contribution is 0.439. The number of aromatic nitrogens is 1. The summed E-state index contributed by atoms with van der Waals surface area (Å²) in [6.07, 6.45) is 0. The molecule has 0 unspecified atom stereocenters. The number of rotatable bonds is 2. The van der Waals surface area contributed by atoms with Gasteiger partial charge in [-0.2, -0.15) is 0 Å². The van der Waals surface area contributed by atoms with Crippen LogP contribution in [0.1, 0.15) is 0 Å². The average molecular weight is 340 g/mol. The Hall–Kier alpha value is -1.68. The third-order valence-electron chi connectivity index (χ3n) is 3.04. The Morgan fingerprint density at radius 3 is 2.19 bits per heavy atom. The second-order valence-corrected chi connectivity index (χ2v) is 5.66. The van der Waals surface area contributed by atoms with Crippen molar-refractivity contribution in [3.05, 3.63) is 57.5 Å². The van der Waals surface area contributed by atoms with E-state index in [1.165, 1.54) is 0 Å². The minimum atomic E-state index is 0.221. The highest BCUT2D eigenvalue weighted by atomic mass is 35.5. The normalized spacial score (nSPS) is 10.8. The van der Waals surface area contributed by atoms with Crippen LogP contribution >= 0.6 is 34.8 Å². The summed E-state index contributed by atoms with van der Waals surface area (Å²) < 4.78 is 5.12. The van der Waals surface area contributed by atoms with E-state index in [-0.39, 0.29) is 5.88 Å². The molecule has 3 rings (SSSR count). The summed E-state index contributed by atoms with van der Waals surface area (Å²) in [5.41, 5.74) is 8.83. The molecular weight excluding hydrogens is 331 g/mol. The minimum Gasteiger partial charge on any atom is -0.367 e. The Morgan fingerprint density at radius 1 is 0.857 bits per heavy atom. The van der Waals surface area contributed by atoms with Crippen molar-refractivity contribution in [2.24, 2.45) is 0 Å². The molecule has 0 fully saturated rings. The Bertz CT molecular complexity index is 797. The predicted molar refractivity (Wildman–Crippen MR) is 86.8 cm³/mol. The molecule has 0 aliphatic carbocycles. The van der Waals surface area contributed by atoms with E-state index in [1.54, 1.807) is 24.3 Å². The zero-order valence-electron chi connectivity index (χ0n) is 10.6. The number of anilines is 1. The molecule has 21 heavy (non-hydrogen) atoms. The first kappa shape index (κ1) is 14.3. The van der Waals surface area contributed by atoms with E-state index in [9.17, 15) is 0 Å². The highest BCUT2D eigenvalue weighted by molar-refractivity contribution is 6.42. The van der Waals surface area contributed by atoms with Gasteiger partial charge in [0.2, 0.25) is 5.88 Å². The number of nitrogens with two attached hydrogens (primary N) is 1. The third-order valence-corrected chi connectivity index (χ3v) is 4.04. The molecule has 0 spiro atoms. The lowest BCUT2D eigenvalue weighted by Crippen LogP contribution is -1.88. The highest BCUT2D eigenvalue weighted by Gasteiger charge is 2.18. The Kier molecular flexibility index (Phi) is 3.81. The van der Waals surface area contributed by atoms with E-state index in [4.69, 9.17) is 45.1 Å². The first-order valence-electron chi connectivity index (χ1n) is 6.03. The van der Waals surface area contributed by atoms with Crippen LogP contribution in [0.2, 0.25) is 15.1 Å². The van der Waals surface area contributed by atoms with Gasteiger partial charge in [-0.15, -0.1) is 0 Å². The van der Waals surface area contributed by atoms with Crippen LogP contribution in [0.3, 0.4) is 0 Å². The predicted octanol–water partition coefficient (Wildman–Crippen LogP) is 5.55. The van der Waals surface area contributed by atoms with Crippen LogP contribution in [0.4, 0.5) is 5.88 Å². The summed E-state index contributed by atoms with van der Waals surface area (Å²) in [6.45, 7) is 0. The quantitative estimate of drug-likeness (QED) is 0.666. The molecule has 3 nitrogen and oxygen atoms in total. The number of benzene rings is 2. The Morgan fingerprint density at radius 2 is 1.52 bits per heavy atom. The van der Waals surface area contributed by atoms with Gasteiger partial charge in [0, 0.05) is 10.6 Å². The zero-order valence-corrected chi connectivity index (χ0v) is 12.9. The van der Waals surface area contributed by atoms with Crippen molar-refractivity contribution in [1.82, 2.24) is 5.16 Å². The van der Waals surface area contributed by atoms with Gasteiger partial charge >= 0.3 is 0 Å². The van der Waals surface area contributed by atoms with Crippen LogP contribution in [0.5, 0.6) is 0 Å². The zero-order chi connectivity index (χ0) is 15.0. The number of hydrogen-bond acceptors (Lipinski definition) is 3. The maximum Gasteiger partial charge on any atom is 0.230 e. The average Bonchev–Trinajstić information content (AvgIpc) is 2.85. The van der Waals surface area contributed by atoms with E-state index in [0.717, 1.165) is 11.1 Å². The summed E-state index contributed by atoms with van der Waals surface area (Å²) >= 11 is 17.9. The van der Waals surface area contributed by atoms with Crippen molar-refractivity contribution >= 4 is 40.7 Å². The second kappa shape index (κ2) is 5.60. The molecule has 1 aromatic heterocycles. The van der Waals surface area contributed by atoms with Crippen molar-refractivity contribution < 1.29 is 4.52 Å². The standard InChI is InChI=1S/C15H9Cl3N2O/c16-10-4-1-8(2-5-10)14-13(15(19)21-20-14)9-3-6-11(17)12(18)7-9/h1-7H,19H2. The molecule has 0 bridgehead atoms. The Balaban J connectivity index is 2.16.